The van der Waals surface area contributed by atoms with Gasteiger partial charge in [-0.25, -0.2) is 29.9 Å². The molecule has 0 bridgehead atoms. The van der Waals surface area contributed by atoms with Crippen LogP contribution >= 0.6 is 11.3 Å². The third kappa shape index (κ3) is 6.92. The van der Waals surface area contributed by atoms with Crippen molar-refractivity contribution < 1.29 is 0 Å². The smallest absolute Gasteiger partial charge is 0.165 e. The van der Waals surface area contributed by atoms with Crippen molar-refractivity contribution in [3.05, 3.63) is 200 Å². The summed E-state index contributed by atoms with van der Waals surface area (Å²) in [5, 5.41) is 3.50. The molecule has 0 unspecified atom stereocenters. The summed E-state index contributed by atoms with van der Waals surface area (Å²) in [7, 11) is 0. The number of fused-ring (bicyclic) bond motifs is 4. The van der Waals surface area contributed by atoms with Crippen molar-refractivity contribution in [1.82, 2.24) is 34.5 Å². The van der Waals surface area contributed by atoms with Gasteiger partial charge in [0.15, 0.2) is 34.9 Å². The van der Waals surface area contributed by atoms with Crippen LogP contribution in [0.3, 0.4) is 0 Å². The van der Waals surface area contributed by atoms with E-state index < -0.39 is 0 Å². The molecule has 4 aromatic heterocycles. The molecular weight excluding hydrogens is 779 g/mol. The monoisotopic (exact) mass is 815 g/mol. The van der Waals surface area contributed by atoms with Crippen LogP contribution in [-0.2, 0) is 6.42 Å². The number of para-hydroxylation sites is 1. The van der Waals surface area contributed by atoms with E-state index in [0.29, 0.717) is 34.9 Å². The van der Waals surface area contributed by atoms with E-state index in [0.717, 1.165) is 72.1 Å². The maximum absolute atomic E-state index is 5.20. The van der Waals surface area contributed by atoms with Gasteiger partial charge in [0, 0.05) is 70.3 Å². The number of nitrogens with zero attached hydrogens (tertiary/aromatic N) is 7. The van der Waals surface area contributed by atoms with E-state index in [1.165, 1.54) is 16.6 Å². The average molecular weight is 816 g/mol. The highest BCUT2D eigenvalue weighted by Gasteiger charge is 2.19. The highest BCUT2D eigenvalue weighted by atomic mass is 32.1. The van der Waals surface area contributed by atoms with Crippen molar-refractivity contribution in [1.29, 1.82) is 0 Å². The van der Waals surface area contributed by atoms with E-state index in [1.54, 1.807) is 11.3 Å². The molecule has 11 rings (SSSR count). The molecule has 62 heavy (non-hydrogen) atoms. The van der Waals surface area contributed by atoms with E-state index in [2.05, 4.69) is 102 Å². The van der Waals surface area contributed by atoms with Crippen LogP contribution in [-0.4, -0.2) is 34.5 Å². The van der Waals surface area contributed by atoms with E-state index >= 15 is 0 Å². The molecule has 0 aliphatic heterocycles. The zero-order chi connectivity index (χ0) is 41.4. The minimum absolute atomic E-state index is 0.614. The quantitative estimate of drug-likeness (QED) is 0.128. The van der Waals surface area contributed by atoms with Crippen LogP contribution in [0, 0.1) is 0 Å². The van der Waals surface area contributed by atoms with Gasteiger partial charge in [-0.15, -0.1) is 17.9 Å². The summed E-state index contributed by atoms with van der Waals surface area (Å²) in [5.41, 5.74) is 9.09. The van der Waals surface area contributed by atoms with Crippen molar-refractivity contribution >= 4 is 42.4 Å². The summed E-state index contributed by atoms with van der Waals surface area (Å²) >= 11 is 1.72. The maximum atomic E-state index is 5.20. The highest BCUT2D eigenvalue weighted by molar-refractivity contribution is 7.26. The predicted octanol–water partition coefficient (Wildman–Crippen LogP) is 13.5. The molecule has 0 fully saturated rings. The molecule has 0 N–H and O–H groups in total. The van der Waals surface area contributed by atoms with Crippen molar-refractivity contribution in [3.8, 4) is 74.0 Å². The van der Waals surface area contributed by atoms with Gasteiger partial charge in [-0.2, -0.15) is 0 Å². The van der Waals surface area contributed by atoms with Crippen LogP contribution in [0.2, 0.25) is 0 Å². The molecule has 4 heterocycles. The van der Waals surface area contributed by atoms with Crippen LogP contribution in [0.25, 0.3) is 105 Å². The lowest BCUT2D eigenvalue weighted by atomic mass is 10.1. The molecule has 0 radical (unpaired) electrons. The fourth-order valence-electron chi connectivity index (χ4n) is 8.10. The number of allylic oxidation sites excluding steroid dienone is 1. The average Bonchev–Trinajstić information content (AvgIpc) is 3.92. The molecule has 0 saturated heterocycles. The van der Waals surface area contributed by atoms with Gasteiger partial charge in [-0.05, 0) is 61.4 Å². The number of benzene rings is 7. The Kier molecular flexibility index (Phi) is 9.52. The number of hydrogen-bond acceptors (Lipinski definition) is 7. The Labute approximate surface area is 362 Å². The van der Waals surface area contributed by atoms with Crippen LogP contribution in [0.15, 0.2) is 195 Å². The first kappa shape index (κ1) is 37.1. The lowest BCUT2D eigenvalue weighted by Crippen LogP contribution is -2.02. The maximum Gasteiger partial charge on any atom is 0.165 e. The van der Waals surface area contributed by atoms with Crippen molar-refractivity contribution in [2.24, 2.45) is 0 Å². The Hall–Kier alpha value is -7.94. The first-order valence-electron chi connectivity index (χ1n) is 20.6. The van der Waals surface area contributed by atoms with Crippen LogP contribution in [0.4, 0.5) is 0 Å². The van der Waals surface area contributed by atoms with Crippen molar-refractivity contribution in [2.45, 2.75) is 12.8 Å². The molecule has 0 aliphatic carbocycles. The van der Waals surface area contributed by atoms with Crippen LogP contribution < -0.4 is 0 Å². The normalized spacial score (nSPS) is 11.4. The first-order chi connectivity index (χ1) is 30.7. The number of aromatic nitrogens is 7. The summed E-state index contributed by atoms with van der Waals surface area (Å²) in [4.78, 5) is 30.3. The zero-order valence-electron chi connectivity index (χ0n) is 33.6. The predicted molar refractivity (Wildman–Crippen MR) is 254 cm³/mol. The van der Waals surface area contributed by atoms with E-state index in [-0.39, 0.29) is 0 Å². The molecule has 0 saturated carbocycles. The second kappa shape index (κ2) is 15.9. The van der Waals surface area contributed by atoms with Crippen molar-refractivity contribution in [2.75, 3.05) is 0 Å². The van der Waals surface area contributed by atoms with Crippen molar-refractivity contribution in [3.63, 3.8) is 0 Å². The third-order valence-corrected chi connectivity index (χ3v) is 12.3. The van der Waals surface area contributed by atoms with Gasteiger partial charge in [-0.1, -0.05) is 140 Å². The molecule has 0 atom stereocenters. The SMILES string of the molecule is C=CCCc1cc2ccccc2n1-c1ccc(-c2nc(-c3ccccc3)nc(-c3cccc4c3sc3cc(-c5nc(-c6ccccc6)nc(-c6ccccc6)n5)ccc34)n2)cc1. The lowest BCUT2D eigenvalue weighted by molar-refractivity contribution is 0.901. The Bertz CT molecular complexity index is 3360. The van der Waals surface area contributed by atoms with E-state index in [9.17, 15) is 0 Å². The Morgan fingerprint density at radius 2 is 0.968 bits per heavy atom. The summed E-state index contributed by atoms with van der Waals surface area (Å²) in [6.45, 7) is 3.97. The second-order valence-corrected chi connectivity index (χ2v) is 16.2. The van der Waals surface area contributed by atoms with E-state index in [1.807, 2.05) is 97.1 Å². The molecule has 0 spiro atoms. The third-order valence-electron chi connectivity index (χ3n) is 11.1. The fourth-order valence-corrected chi connectivity index (χ4v) is 9.35. The molecule has 7 aromatic carbocycles. The van der Waals surface area contributed by atoms with E-state index in [4.69, 9.17) is 29.9 Å². The standard InChI is InChI=1S/C54H37N7S/c1-2-3-23-42-33-39-22-13-14-26-46(39)61(42)41-30-27-38(28-31-41)52-56-51(37-20-11-6-12-21-37)59-54(60-52)45-25-15-24-44-43-32-29-40(34-47(43)62-48(44)45)53-57-49(35-16-7-4-8-17-35)55-50(58-53)36-18-9-5-10-19-36/h2,4-22,24-34H,1,3,23H2. The lowest BCUT2D eigenvalue weighted by Gasteiger charge is -2.12. The Balaban J connectivity index is 1.02. The minimum Gasteiger partial charge on any atom is -0.314 e. The molecule has 7 nitrogen and oxygen atoms in total. The Morgan fingerprint density at radius 1 is 0.452 bits per heavy atom. The van der Waals surface area contributed by atoms with Gasteiger partial charge >= 0.3 is 0 Å². The highest BCUT2D eigenvalue weighted by Crippen LogP contribution is 2.41. The summed E-state index contributed by atoms with van der Waals surface area (Å²) in [6.07, 6.45) is 3.79. The van der Waals surface area contributed by atoms with Gasteiger partial charge in [0.05, 0.1) is 5.52 Å². The zero-order valence-corrected chi connectivity index (χ0v) is 34.4. The molecular formula is C54H37N7S. The number of thiophene rings is 1. The van der Waals surface area contributed by atoms with Gasteiger partial charge in [-0.3, -0.25) is 0 Å². The molecule has 294 valence electrons. The fraction of sp³-hybridized carbons (Fsp3) is 0.0370. The first-order valence-corrected chi connectivity index (χ1v) is 21.4. The number of aryl methyl sites for hydroxylation is 1. The van der Waals surface area contributed by atoms with Gasteiger partial charge in [0.25, 0.3) is 0 Å². The molecule has 8 heteroatoms. The molecule has 11 aromatic rings. The molecule has 0 aliphatic rings. The van der Waals surface area contributed by atoms with Gasteiger partial charge < -0.3 is 4.57 Å². The topological polar surface area (TPSA) is 82.3 Å². The van der Waals surface area contributed by atoms with Crippen LogP contribution in [0.5, 0.6) is 0 Å². The Morgan fingerprint density at radius 3 is 1.56 bits per heavy atom. The van der Waals surface area contributed by atoms with Crippen LogP contribution in [0.1, 0.15) is 12.1 Å². The second-order valence-electron chi connectivity index (χ2n) is 15.1. The number of rotatable bonds is 10. The molecule has 0 amide bonds. The minimum atomic E-state index is 0.614. The number of hydrogen-bond donors (Lipinski definition) is 0. The summed E-state index contributed by atoms with van der Waals surface area (Å²) in [5.74, 6) is 3.75. The summed E-state index contributed by atoms with van der Waals surface area (Å²) in [6, 6.07) is 62.5. The van der Waals surface area contributed by atoms with Gasteiger partial charge in [0.1, 0.15) is 0 Å². The summed E-state index contributed by atoms with van der Waals surface area (Å²) < 4.78 is 4.56. The largest absolute Gasteiger partial charge is 0.314 e. The van der Waals surface area contributed by atoms with Gasteiger partial charge in [0.2, 0.25) is 0 Å².